The maximum absolute atomic E-state index is 11.7. The van der Waals surface area contributed by atoms with Crippen LogP contribution < -0.4 is 10.2 Å². The highest BCUT2D eigenvalue weighted by molar-refractivity contribution is 6.04. The van der Waals surface area contributed by atoms with Crippen LogP contribution in [0.15, 0.2) is 4.99 Å². The highest BCUT2D eigenvalue weighted by Crippen LogP contribution is 2.31. The zero-order valence-electron chi connectivity index (χ0n) is 11.8. The third-order valence-electron chi connectivity index (χ3n) is 3.96. The van der Waals surface area contributed by atoms with E-state index in [9.17, 15) is 4.79 Å². The van der Waals surface area contributed by atoms with E-state index in [1.807, 2.05) is 0 Å². The lowest BCUT2D eigenvalue weighted by atomic mass is 9.76. The molecular weight excluding hydrogens is 226 g/mol. The van der Waals surface area contributed by atoms with E-state index in [1.54, 1.807) is 4.90 Å². The summed E-state index contributed by atoms with van der Waals surface area (Å²) >= 11 is 0. The molecule has 18 heavy (non-hydrogen) atoms. The second kappa shape index (κ2) is 5.93. The molecule has 1 heterocycles. The number of aliphatic imine (C=N–C) groups is 1. The number of nitrogens with one attached hydrogen (secondary N) is 1. The first-order valence-corrected chi connectivity index (χ1v) is 7.24. The first-order valence-electron chi connectivity index (χ1n) is 7.24. The van der Waals surface area contributed by atoms with Gasteiger partial charge in [0.15, 0.2) is 0 Å². The maximum Gasteiger partial charge on any atom is 0.139 e. The molecule has 0 aromatic carbocycles. The van der Waals surface area contributed by atoms with Crippen LogP contribution in [0.2, 0.25) is 0 Å². The molecule has 0 amide bonds. The summed E-state index contributed by atoms with van der Waals surface area (Å²) in [6.45, 7) is 11.4. The number of nitrogens with zero attached hydrogens (tertiary/aromatic N) is 1. The molecule has 0 radical (unpaired) electrons. The molecule has 4 heteroatoms. The lowest BCUT2D eigenvalue weighted by molar-refractivity contribution is -0.945. The topological polar surface area (TPSA) is 50.5 Å². The molecule has 0 atom stereocenters. The van der Waals surface area contributed by atoms with Gasteiger partial charge in [-0.05, 0) is 11.8 Å². The SMILES string of the molecule is CC1(C)CC(=O)CC(=NCC[NH+]2CC[NH2+]CC2)C1. The van der Waals surface area contributed by atoms with Crippen LogP contribution in [-0.4, -0.2) is 50.8 Å². The Bertz CT molecular complexity index is 330. The fourth-order valence-corrected chi connectivity index (χ4v) is 3.12. The second-order valence-corrected chi connectivity index (χ2v) is 6.55. The molecular formula is C14H27N3O+2. The van der Waals surface area contributed by atoms with Gasteiger partial charge in [0.25, 0.3) is 0 Å². The van der Waals surface area contributed by atoms with E-state index in [2.05, 4.69) is 24.2 Å². The average molecular weight is 253 g/mol. The van der Waals surface area contributed by atoms with Crippen molar-refractivity contribution in [3.63, 3.8) is 0 Å². The van der Waals surface area contributed by atoms with Crippen molar-refractivity contribution in [3.8, 4) is 0 Å². The Kier molecular flexibility index (Phi) is 4.51. The molecule has 2 fully saturated rings. The van der Waals surface area contributed by atoms with Crippen molar-refractivity contribution in [2.75, 3.05) is 39.3 Å². The summed E-state index contributed by atoms with van der Waals surface area (Å²) in [5.74, 6) is 0.366. The van der Waals surface area contributed by atoms with Crippen LogP contribution in [0.1, 0.15) is 33.1 Å². The van der Waals surface area contributed by atoms with E-state index >= 15 is 0 Å². The van der Waals surface area contributed by atoms with E-state index < -0.39 is 0 Å². The van der Waals surface area contributed by atoms with Crippen LogP contribution in [0.4, 0.5) is 0 Å². The molecule has 0 spiro atoms. The molecule has 3 N–H and O–H groups in total. The van der Waals surface area contributed by atoms with E-state index in [-0.39, 0.29) is 5.41 Å². The van der Waals surface area contributed by atoms with E-state index in [0.29, 0.717) is 12.2 Å². The highest BCUT2D eigenvalue weighted by atomic mass is 16.1. The average Bonchev–Trinajstić information content (AvgIpc) is 2.27. The zero-order chi connectivity index (χ0) is 13.0. The second-order valence-electron chi connectivity index (χ2n) is 6.55. The number of ketones is 1. The molecule has 0 unspecified atom stereocenters. The molecule has 102 valence electrons. The molecule has 1 saturated heterocycles. The van der Waals surface area contributed by atoms with Gasteiger partial charge in [-0.2, -0.15) is 0 Å². The predicted molar refractivity (Wildman–Crippen MR) is 72.2 cm³/mol. The van der Waals surface area contributed by atoms with E-state index in [4.69, 9.17) is 0 Å². The number of hydrogen-bond donors (Lipinski definition) is 2. The summed E-state index contributed by atoms with van der Waals surface area (Å²) in [6.07, 6.45) is 2.33. The molecule has 0 aromatic heterocycles. The van der Waals surface area contributed by atoms with Crippen LogP contribution in [-0.2, 0) is 4.79 Å². The number of carbonyl (C=O) groups is 1. The third-order valence-corrected chi connectivity index (χ3v) is 3.96. The minimum Gasteiger partial charge on any atom is -0.337 e. The van der Waals surface area contributed by atoms with Gasteiger partial charge in [0.05, 0.1) is 13.1 Å². The van der Waals surface area contributed by atoms with Crippen LogP contribution in [0.25, 0.3) is 0 Å². The smallest absolute Gasteiger partial charge is 0.139 e. The molecule has 1 aliphatic carbocycles. The van der Waals surface area contributed by atoms with E-state index in [1.165, 1.54) is 26.2 Å². The van der Waals surface area contributed by atoms with Crippen LogP contribution in [0, 0.1) is 5.41 Å². The van der Waals surface area contributed by atoms with Gasteiger partial charge < -0.3 is 10.2 Å². The Hall–Kier alpha value is -0.740. The maximum atomic E-state index is 11.7. The van der Waals surface area contributed by atoms with Gasteiger partial charge in [-0.3, -0.25) is 9.79 Å². The number of rotatable bonds is 3. The third kappa shape index (κ3) is 4.18. The van der Waals surface area contributed by atoms with Crippen LogP contribution in [0.5, 0.6) is 0 Å². The minimum atomic E-state index is 0.126. The van der Waals surface area contributed by atoms with Gasteiger partial charge in [0.1, 0.15) is 32.0 Å². The number of quaternary nitrogens is 2. The molecule has 2 aliphatic rings. The largest absolute Gasteiger partial charge is 0.337 e. The van der Waals surface area contributed by atoms with Crippen LogP contribution >= 0.6 is 0 Å². The molecule has 4 nitrogen and oxygen atoms in total. The Labute approximate surface area is 110 Å². The molecule has 0 bridgehead atoms. The van der Waals surface area contributed by atoms with Crippen molar-refractivity contribution in [2.24, 2.45) is 10.4 Å². The Balaban J connectivity index is 1.79. The monoisotopic (exact) mass is 253 g/mol. The predicted octanol–water partition coefficient (Wildman–Crippen LogP) is -1.33. The van der Waals surface area contributed by atoms with Crippen molar-refractivity contribution >= 4 is 11.5 Å². The fourth-order valence-electron chi connectivity index (χ4n) is 3.12. The summed E-state index contributed by atoms with van der Waals surface area (Å²) < 4.78 is 0. The Morgan fingerprint density at radius 3 is 2.67 bits per heavy atom. The first-order chi connectivity index (χ1) is 8.55. The normalized spacial score (nSPS) is 27.7. The van der Waals surface area contributed by atoms with Crippen molar-refractivity contribution in [1.29, 1.82) is 0 Å². The van der Waals surface area contributed by atoms with Gasteiger partial charge >= 0.3 is 0 Å². The molecule has 1 saturated carbocycles. The number of piperazine rings is 1. The minimum absolute atomic E-state index is 0.126. The van der Waals surface area contributed by atoms with Crippen molar-refractivity contribution in [3.05, 3.63) is 0 Å². The van der Waals surface area contributed by atoms with Gasteiger partial charge in [0, 0.05) is 18.6 Å². The molecule has 0 aromatic rings. The van der Waals surface area contributed by atoms with Gasteiger partial charge in [-0.1, -0.05) is 13.8 Å². The standard InChI is InChI=1S/C14H25N3O/c1-14(2)10-12(9-13(18)11-14)16-5-8-17-6-3-15-4-7-17/h15H,3-11H2,1-2H3/p+2. The van der Waals surface area contributed by atoms with Gasteiger partial charge in [-0.15, -0.1) is 0 Å². The van der Waals surface area contributed by atoms with E-state index in [0.717, 1.165) is 31.6 Å². The summed E-state index contributed by atoms with van der Waals surface area (Å²) in [4.78, 5) is 18.0. The summed E-state index contributed by atoms with van der Waals surface area (Å²) in [5, 5.41) is 2.39. The molecule has 2 rings (SSSR count). The lowest BCUT2D eigenvalue weighted by Crippen LogP contribution is -3.20. The highest BCUT2D eigenvalue weighted by Gasteiger charge is 2.30. The zero-order valence-corrected chi connectivity index (χ0v) is 11.8. The summed E-state index contributed by atoms with van der Waals surface area (Å²) in [6, 6.07) is 0. The molecule has 1 aliphatic heterocycles. The quantitative estimate of drug-likeness (QED) is 0.643. The fraction of sp³-hybridized carbons (Fsp3) is 0.857. The lowest BCUT2D eigenvalue weighted by Gasteiger charge is -2.29. The van der Waals surface area contributed by atoms with Crippen molar-refractivity contribution in [2.45, 2.75) is 33.1 Å². The number of carbonyl (C=O) groups excluding carboxylic acids is 1. The summed E-state index contributed by atoms with van der Waals surface area (Å²) in [5.41, 5.74) is 1.26. The number of Topliss-reactive ketones (excluding diaryl/α,β-unsaturated/α-hetero) is 1. The van der Waals surface area contributed by atoms with Gasteiger partial charge in [0.2, 0.25) is 0 Å². The Morgan fingerprint density at radius 2 is 2.00 bits per heavy atom. The van der Waals surface area contributed by atoms with Crippen LogP contribution in [0.3, 0.4) is 0 Å². The first kappa shape index (κ1) is 13.7. The van der Waals surface area contributed by atoms with Crippen molar-refractivity contribution < 1.29 is 15.0 Å². The number of hydrogen-bond acceptors (Lipinski definition) is 2. The summed E-state index contributed by atoms with van der Waals surface area (Å²) in [7, 11) is 0. The van der Waals surface area contributed by atoms with Crippen molar-refractivity contribution in [1.82, 2.24) is 0 Å². The van der Waals surface area contributed by atoms with Gasteiger partial charge in [-0.25, -0.2) is 0 Å². The number of nitrogens with two attached hydrogens (primary N) is 1. The Morgan fingerprint density at radius 1 is 1.28 bits per heavy atom.